The third kappa shape index (κ3) is 34.5. The molecule has 0 aliphatic heterocycles. The monoisotopic (exact) mass is 818 g/mol. The summed E-state index contributed by atoms with van der Waals surface area (Å²) in [5.41, 5.74) is 0. The quantitative estimate of drug-likeness (QED) is 0.0748. The average molecular weight is 819 g/mol. The van der Waals surface area contributed by atoms with Crippen LogP contribution in [0.4, 0.5) is 0 Å². The number of carboxylic acids is 3. The van der Waals surface area contributed by atoms with Crippen molar-refractivity contribution in [3.63, 3.8) is 0 Å². The molecular formula is C30H57BiO6S3. The van der Waals surface area contributed by atoms with Crippen LogP contribution < -0.4 is 15.3 Å². The first-order chi connectivity index (χ1) is 18.7. The van der Waals surface area contributed by atoms with E-state index in [4.69, 9.17) is 0 Å². The van der Waals surface area contributed by atoms with Crippen LogP contribution in [0.2, 0.25) is 0 Å². The van der Waals surface area contributed by atoms with Crippen molar-refractivity contribution >= 4 is 82.0 Å². The zero-order chi connectivity index (χ0) is 30.3. The molecule has 0 N–H and O–H groups in total. The maximum Gasteiger partial charge on any atom is 3.00 e. The molecule has 3 unspecified atom stereocenters. The first-order valence-corrected chi connectivity index (χ1v) is 17.0. The van der Waals surface area contributed by atoms with E-state index in [0.717, 1.165) is 57.8 Å². The van der Waals surface area contributed by atoms with E-state index in [1.165, 1.54) is 38.5 Å². The van der Waals surface area contributed by atoms with Crippen molar-refractivity contribution in [2.45, 2.75) is 136 Å². The van der Waals surface area contributed by atoms with Gasteiger partial charge in [0.05, 0.1) is 0 Å². The van der Waals surface area contributed by atoms with Gasteiger partial charge in [-0.2, -0.15) is 37.9 Å². The molecule has 2 radical (unpaired) electrons. The van der Waals surface area contributed by atoms with Gasteiger partial charge in [0.15, 0.2) is 0 Å². The minimum Gasteiger partial charge on any atom is -0.550 e. The molecule has 6 nitrogen and oxygen atoms in total. The Morgan fingerprint density at radius 1 is 0.450 bits per heavy atom. The number of carboxylic acid groups (broad SMARTS) is 3. The third-order valence-electron chi connectivity index (χ3n) is 6.65. The summed E-state index contributed by atoms with van der Waals surface area (Å²) in [6.07, 6.45) is 17.7. The molecule has 0 saturated carbocycles. The molecule has 236 valence electrons. The topological polar surface area (TPSA) is 120 Å². The Hall–Kier alpha value is 0.343. The summed E-state index contributed by atoms with van der Waals surface area (Å²) >= 11 is 12.1. The van der Waals surface area contributed by atoms with Crippen molar-refractivity contribution < 1.29 is 29.7 Å². The molecule has 0 fully saturated rings. The van der Waals surface area contributed by atoms with Crippen LogP contribution in [0.25, 0.3) is 0 Å². The van der Waals surface area contributed by atoms with Crippen molar-refractivity contribution in [2.24, 2.45) is 17.8 Å². The van der Waals surface area contributed by atoms with Gasteiger partial charge in [0.1, 0.15) is 0 Å². The Kier molecular flexibility index (Phi) is 44.2. The Morgan fingerprint density at radius 3 is 0.825 bits per heavy atom. The van der Waals surface area contributed by atoms with Crippen LogP contribution in [0, 0.1) is 17.8 Å². The van der Waals surface area contributed by atoms with Crippen LogP contribution in [0.1, 0.15) is 136 Å². The molecule has 0 amide bonds. The van der Waals surface area contributed by atoms with Gasteiger partial charge in [-0.05, 0) is 73.5 Å². The van der Waals surface area contributed by atoms with Crippen molar-refractivity contribution in [1.29, 1.82) is 0 Å². The fraction of sp³-hybridized carbons (Fsp3) is 0.900. The third-order valence-corrected chi connectivity index (χ3v) is 7.43. The summed E-state index contributed by atoms with van der Waals surface area (Å²) in [5.74, 6) is -1.69. The van der Waals surface area contributed by atoms with E-state index in [-0.39, 0.29) is 44.0 Å². The van der Waals surface area contributed by atoms with Gasteiger partial charge in [-0.1, -0.05) is 97.8 Å². The van der Waals surface area contributed by atoms with Gasteiger partial charge in [-0.25, -0.2) is 0 Å². The number of rotatable bonds is 24. The van der Waals surface area contributed by atoms with Crippen molar-refractivity contribution in [1.82, 2.24) is 0 Å². The van der Waals surface area contributed by atoms with E-state index in [9.17, 15) is 29.7 Å². The number of thiol groups is 3. The Labute approximate surface area is 281 Å². The summed E-state index contributed by atoms with van der Waals surface area (Å²) in [4.78, 5) is 31.8. The minimum atomic E-state index is -0.912. The van der Waals surface area contributed by atoms with Gasteiger partial charge in [0.2, 0.25) is 0 Å². The molecular weight excluding hydrogens is 762 g/mol. The normalized spacial score (nSPS) is 12.4. The Balaban J connectivity index is -0.000000240. The maximum absolute atomic E-state index is 10.6. The van der Waals surface area contributed by atoms with Gasteiger partial charge < -0.3 is 29.7 Å². The average Bonchev–Trinajstić information content (AvgIpc) is 2.90. The summed E-state index contributed by atoms with van der Waals surface area (Å²) in [6, 6.07) is 0. The largest absolute Gasteiger partial charge is 3.00 e. The second-order valence-corrected chi connectivity index (χ2v) is 11.5. The second-order valence-electron chi connectivity index (χ2n) is 10.1. The zero-order valence-electron chi connectivity index (χ0n) is 25.3. The van der Waals surface area contributed by atoms with Crippen LogP contribution in [0.15, 0.2) is 0 Å². The van der Waals surface area contributed by atoms with Gasteiger partial charge in [-0.3, -0.25) is 0 Å². The predicted octanol–water partition coefficient (Wildman–Crippen LogP) is 4.55. The number of hydrogen-bond acceptors (Lipinski definition) is 9. The molecule has 40 heavy (non-hydrogen) atoms. The smallest absolute Gasteiger partial charge is 0.550 e. The standard InChI is InChI=1S/3C10H20O2S.Bi/c3*1-2-3-4-5-6-9(7-8-13)10(11)12;/h3*9,13H,2-8H2,1H3,(H,11,12);/q;;;+3/p-3. The van der Waals surface area contributed by atoms with E-state index < -0.39 is 17.9 Å². The molecule has 0 rings (SSSR count). The molecule has 0 heterocycles. The summed E-state index contributed by atoms with van der Waals surface area (Å²) < 4.78 is 0. The van der Waals surface area contributed by atoms with Gasteiger partial charge in [-0.15, -0.1) is 0 Å². The van der Waals surface area contributed by atoms with Crippen LogP contribution >= 0.6 is 37.9 Å². The molecule has 10 heteroatoms. The summed E-state index contributed by atoms with van der Waals surface area (Å²) in [7, 11) is 0. The first-order valence-electron chi connectivity index (χ1n) is 15.1. The van der Waals surface area contributed by atoms with Gasteiger partial charge in [0.25, 0.3) is 0 Å². The van der Waals surface area contributed by atoms with Crippen LogP contribution in [-0.2, 0) is 14.4 Å². The number of unbranched alkanes of at least 4 members (excludes halogenated alkanes) is 9. The molecule has 0 aromatic carbocycles. The summed E-state index contributed by atoms with van der Waals surface area (Å²) in [6.45, 7) is 6.43. The molecule has 3 atom stereocenters. The predicted molar refractivity (Wildman–Crippen MR) is 173 cm³/mol. The van der Waals surface area contributed by atoms with Gasteiger partial charge >= 0.3 is 26.2 Å². The fourth-order valence-electron chi connectivity index (χ4n) is 4.06. The Bertz CT molecular complexity index is 493. The number of aliphatic carboxylic acids is 3. The zero-order valence-corrected chi connectivity index (χ0v) is 31.5. The first kappa shape index (κ1) is 47.3. The van der Waals surface area contributed by atoms with Gasteiger partial charge in [0, 0.05) is 17.9 Å². The molecule has 0 aromatic heterocycles. The SMILES string of the molecule is CCCCCCC(CCS)C(=O)[O-].CCCCCCC(CCS)C(=O)[O-].CCCCCCC(CCS)C(=O)[O-].[Bi+3]. The number of carbonyl (C=O) groups excluding carboxylic acids is 3. The number of carbonyl (C=O) groups is 3. The van der Waals surface area contributed by atoms with Crippen LogP contribution in [0.3, 0.4) is 0 Å². The van der Waals surface area contributed by atoms with Crippen molar-refractivity contribution in [2.75, 3.05) is 17.3 Å². The molecule has 0 spiro atoms. The molecule has 0 aliphatic carbocycles. The Morgan fingerprint density at radius 2 is 0.675 bits per heavy atom. The van der Waals surface area contributed by atoms with E-state index in [1.807, 2.05) is 0 Å². The van der Waals surface area contributed by atoms with E-state index >= 15 is 0 Å². The maximum atomic E-state index is 10.6. The van der Waals surface area contributed by atoms with Crippen LogP contribution in [-0.4, -0.2) is 61.4 Å². The fourth-order valence-corrected chi connectivity index (χ4v) is 5.00. The van der Waals surface area contributed by atoms with Crippen molar-refractivity contribution in [3.8, 4) is 0 Å². The summed E-state index contributed by atoms with van der Waals surface area (Å²) in [5, 5.41) is 31.8. The van der Waals surface area contributed by atoms with Crippen LogP contribution in [0.5, 0.6) is 0 Å². The molecule has 0 saturated heterocycles. The molecule has 0 aliphatic rings. The minimum absolute atomic E-state index is 0. The van der Waals surface area contributed by atoms with E-state index in [2.05, 4.69) is 58.7 Å². The second kappa shape index (κ2) is 37.4. The number of hydrogen-bond donors (Lipinski definition) is 3. The molecule has 0 bridgehead atoms. The molecule has 0 aromatic rings. The van der Waals surface area contributed by atoms with Crippen molar-refractivity contribution in [3.05, 3.63) is 0 Å². The van der Waals surface area contributed by atoms with E-state index in [0.29, 0.717) is 36.5 Å². The van der Waals surface area contributed by atoms with E-state index in [1.54, 1.807) is 0 Å².